The van der Waals surface area contributed by atoms with E-state index < -0.39 is 4.92 Å². The van der Waals surface area contributed by atoms with Crippen molar-refractivity contribution in [2.24, 2.45) is 0 Å². The lowest BCUT2D eigenvalue weighted by atomic mass is 10.1. The lowest BCUT2D eigenvalue weighted by Gasteiger charge is -2.10. The second kappa shape index (κ2) is 6.69. The predicted molar refractivity (Wildman–Crippen MR) is 83.1 cm³/mol. The number of hydrogen-bond donors (Lipinski definition) is 1. The zero-order valence-electron chi connectivity index (χ0n) is 12.4. The number of anilines is 1. The average Bonchev–Trinajstić information content (AvgIpc) is 3.21. The zero-order chi connectivity index (χ0) is 16.9. The number of rotatable bonds is 6. The molecule has 0 aliphatic rings. The molecule has 1 amide bonds. The number of nitrogens with one attached hydrogen (secondary N) is 1. The highest BCUT2D eigenvalue weighted by atomic mass is 16.6. The quantitative estimate of drug-likeness (QED) is 0.534. The van der Waals surface area contributed by atoms with Gasteiger partial charge in [-0.15, -0.1) is 0 Å². The third-order valence-electron chi connectivity index (χ3n) is 3.21. The Bertz CT molecular complexity index is 857. The normalized spacial score (nSPS) is 10.5. The van der Waals surface area contributed by atoms with Crippen molar-refractivity contribution in [3.8, 4) is 0 Å². The van der Waals surface area contributed by atoms with Gasteiger partial charge in [-0.1, -0.05) is 18.2 Å². The molecule has 3 aromatic rings. The summed E-state index contributed by atoms with van der Waals surface area (Å²) < 4.78 is 2.86. The summed E-state index contributed by atoms with van der Waals surface area (Å²) in [5, 5.41) is 21.1. The summed E-state index contributed by atoms with van der Waals surface area (Å²) in [5.41, 5.74) is 1.50. The maximum Gasteiger partial charge on any atom is 0.389 e. The molecule has 122 valence electrons. The third-order valence-corrected chi connectivity index (χ3v) is 3.21. The van der Waals surface area contributed by atoms with Crippen LogP contribution >= 0.6 is 0 Å². The van der Waals surface area contributed by atoms with Crippen molar-refractivity contribution >= 4 is 17.4 Å². The van der Waals surface area contributed by atoms with Gasteiger partial charge >= 0.3 is 5.82 Å². The van der Waals surface area contributed by atoms with Gasteiger partial charge in [0.25, 0.3) is 0 Å². The first-order valence-electron chi connectivity index (χ1n) is 7.00. The molecule has 0 saturated heterocycles. The standard InChI is InChI=1S/C14H13N7O3/c22-14(8-19-6-5-13(18-19)21(23)24)17-12-4-2-1-3-11(12)7-20-10-15-9-16-20/h1-6,9-10H,7-8H2,(H,17,22). The van der Waals surface area contributed by atoms with E-state index in [4.69, 9.17) is 0 Å². The first-order chi connectivity index (χ1) is 11.6. The predicted octanol–water partition coefficient (Wildman–Crippen LogP) is 1.07. The minimum absolute atomic E-state index is 0.120. The number of carbonyl (C=O) groups is 1. The van der Waals surface area contributed by atoms with Crippen molar-refractivity contribution in [2.75, 3.05) is 5.32 Å². The van der Waals surface area contributed by atoms with E-state index in [1.807, 2.05) is 12.1 Å². The fraction of sp³-hybridized carbons (Fsp3) is 0.143. The molecule has 0 radical (unpaired) electrons. The van der Waals surface area contributed by atoms with Crippen LogP contribution in [0.25, 0.3) is 0 Å². The second-order valence-electron chi connectivity index (χ2n) is 4.93. The van der Waals surface area contributed by atoms with Crippen molar-refractivity contribution < 1.29 is 9.72 Å². The molecule has 0 spiro atoms. The molecule has 0 atom stereocenters. The monoisotopic (exact) mass is 327 g/mol. The summed E-state index contributed by atoms with van der Waals surface area (Å²) in [6.45, 7) is 0.342. The molecule has 24 heavy (non-hydrogen) atoms. The van der Waals surface area contributed by atoms with Gasteiger partial charge in [-0.25, -0.2) is 9.67 Å². The molecule has 10 heteroatoms. The van der Waals surface area contributed by atoms with E-state index in [1.54, 1.807) is 23.1 Å². The summed E-state index contributed by atoms with van der Waals surface area (Å²) in [5.74, 6) is -0.631. The van der Waals surface area contributed by atoms with Crippen LogP contribution in [0.3, 0.4) is 0 Å². The van der Waals surface area contributed by atoms with Crippen LogP contribution in [0.4, 0.5) is 11.5 Å². The molecule has 10 nitrogen and oxygen atoms in total. The van der Waals surface area contributed by atoms with Gasteiger partial charge in [-0.2, -0.15) is 9.78 Å². The van der Waals surface area contributed by atoms with Crippen LogP contribution in [0, 0.1) is 10.1 Å². The van der Waals surface area contributed by atoms with Crippen molar-refractivity contribution in [2.45, 2.75) is 13.1 Å². The maximum atomic E-state index is 12.1. The highest BCUT2D eigenvalue weighted by Crippen LogP contribution is 2.16. The summed E-state index contributed by atoms with van der Waals surface area (Å²) in [6, 6.07) is 8.55. The van der Waals surface area contributed by atoms with Crippen LogP contribution in [-0.2, 0) is 17.9 Å². The molecule has 3 rings (SSSR count). The Morgan fingerprint density at radius 1 is 1.25 bits per heavy atom. The number of nitrogens with zero attached hydrogens (tertiary/aromatic N) is 6. The summed E-state index contributed by atoms with van der Waals surface area (Å²) in [6.07, 6.45) is 4.41. The first kappa shape index (κ1) is 15.3. The van der Waals surface area contributed by atoms with E-state index >= 15 is 0 Å². The Morgan fingerprint density at radius 2 is 2.08 bits per heavy atom. The van der Waals surface area contributed by atoms with Crippen molar-refractivity contribution in [3.05, 3.63) is 64.9 Å². The smallest absolute Gasteiger partial charge is 0.358 e. The molecule has 1 aromatic carbocycles. The van der Waals surface area contributed by atoms with Gasteiger partial charge in [0, 0.05) is 5.69 Å². The van der Waals surface area contributed by atoms with Crippen LogP contribution in [0.1, 0.15) is 5.56 Å². The van der Waals surface area contributed by atoms with Crippen LogP contribution in [0.15, 0.2) is 49.2 Å². The Labute approximate surface area is 135 Å². The number of carbonyl (C=O) groups excluding carboxylic acids is 1. The second-order valence-corrected chi connectivity index (χ2v) is 4.93. The van der Waals surface area contributed by atoms with Crippen LogP contribution < -0.4 is 5.32 Å². The van der Waals surface area contributed by atoms with E-state index in [0.717, 1.165) is 5.56 Å². The van der Waals surface area contributed by atoms with Gasteiger partial charge in [0.15, 0.2) is 0 Å². The van der Waals surface area contributed by atoms with Gasteiger partial charge in [0.1, 0.15) is 19.2 Å². The van der Waals surface area contributed by atoms with Gasteiger partial charge in [0.2, 0.25) is 5.91 Å². The number of amides is 1. The molecule has 0 unspecified atom stereocenters. The summed E-state index contributed by atoms with van der Waals surface area (Å²) in [4.78, 5) is 26.0. The van der Waals surface area contributed by atoms with Crippen molar-refractivity contribution in [1.82, 2.24) is 24.5 Å². The Morgan fingerprint density at radius 3 is 2.79 bits per heavy atom. The van der Waals surface area contributed by atoms with Crippen molar-refractivity contribution in [1.29, 1.82) is 0 Å². The molecular weight excluding hydrogens is 314 g/mol. The SMILES string of the molecule is O=C(Cn1ccc([N+](=O)[O-])n1)Nc1ccccc1Cn1cncn1. The van der Waals surface area contributed by atoms with Crippen molar-refractivity contribution in [3.63, 3.8) is 0 Å². The number of hydrogen-bond acceptors (Lipinski definition) is 6. The molecule has 0 fully saturated rings. The third kappa shape index (κ3) is 3.61. The first-order valence-corrected chi connectivity index (χ1v) is 7.00. The topological polar surface area (TPSA) is 121 Å². The molecular formula is C14H13N7O3. The molecule has 0 aliphatic heterocycles. The molecule has 0 bridgehead atoms. The summed E-state index contributed by atoms with van der Waals surface area (Å²) >= 11 is 0. The largest absolute Gasteiger partial charge is 0.389 e. The summed E-state index contributed by atoms with van der Waals surface area (Å²) in [7, 11) is 0. The highest BCUT2D eigenvalue weighted by molar-refractivity contribution is 5.91. The average molecular weight is 327 g/mol. The minimum atomic E-state index is -0.609. The zero-order valence-corrected chi connectivity index (χ0v) is 12.4. The minimum Gasteiger partial charge on any atom is -0.358 e. The number of aromatic nitrogens is 5. The van der Waals surface area contributed by atoms with E-state index in [9.17, 15) is 14.9 Å². The lowest BCUT2D eigenvalue weighted by molar-refractivity contribution is -0.389. The molecule has 0 saturated carbocycles. The van der Waals surface area contributed by atoms with E-state index in [0.29, 0.717) is 12.2 Å². The lowest BCUT2D eigenvalue weighted by Crippen LogP contribution is -2.20. The van der Waals surface area contributed by atoms with Gasteiger partial charge in [0.05, 0.1) is 23.9 Å². The van der Waals surface area contributed by atoms with Crippen LogP contribution in [0.2, 0.25) is 0 Å². The number of para-hydroxylation sites is 1. The molecule has 2 heterocycles. The number of benzene rings is 1. The fourth-order valence-electron chi connectivity index (χ4n) is 2.14. The Kier molecular flexibility index (Phi) is 4.27. The Balaban J connectivity index is 1.68. The van der Waals surface area contributed by atoms with Crippen LogP contribution in [0.5, 0.6) is 0 Å². The van der Waals surface area contributed by atoms with E-state index in [2.05, 4.69) is 20.5 Å². The Hall–Kier alpha value is -3.56. The molecule has 0 aliphatic carbocycles. The maximum absolute atomic E-state index is 12.1. The fourth-order valence-corrected chi connectivity index (χ4v) is 2.14. The molecule has 2 aromatic heterocycles. The van der Waals surface area contributed by atoms with Gasteiger partial charge in [-0.3, -0.25) is 4.79 Å². The van der Waals surface area contributed by atoms with Gasteiger partial charge in [-0.05, 0) is 16.6 Å². The van der Waals surface area contributed by atoms with Gasteiger partial charge < -0.3 is 15.4 Å². The highest BCUT2D eigenvalue weighted by Gasteiger charge is 2.14. The van der Waals surface area contributed by atoms with Crippen LogP contribution in [-0.4, -0.2) is 35.4 Å². The molecule has 1 N–H and O–H groups in total. The van der Waals surface area contributed by atoms with E-state index in [1.165, 1.54) is 23.3 Å². The van der Waals surface area contributed by atoms with E-state index in [-0.39, 0.29) is 18.3 Å². The number of nitro groups is 1.